The number of hydrogen-bond donors (Lipinski definition) is 1. The van der Waals surface area contributed by atoms with E-state index in [1.165, 1.54) is 0 Å². The van der Waals surface area contributed by atoms with E-state index in [0.717, 1.165) is 11.3 Å². The molecule has 0 aliphatic carbocycles. The zero-order valence-electron chi connectivity index (χ0n) is 10.2. The highest BCUT2D eigenvalue weighted by Gasteiger charge is 2.25. The molecule has 0 bridgehead atoms. The molecule has 1 heterocycles. The largest absolute Gasteiger partial charge is 0.390 e. The van der Waals surface area contributed by atoms with Gasteiger partial charge in [0, 0.05) is 25.5 Å². The summed E-state index contributed by atoms with van der Waals surface area (Å²) >= 11 is 0. The first kappa shape index (κ1) is 13.6. The van der Waals surface area contributed by atoms with Gasteiger partial charge in [-0.25, -0.2) is 4.68 Å². The Morgan fingerprint density at radius 1 is 1.16 bits per heavy atom. The Hall–Kier alpha value is -1.82. The molecule has 1 aromatic carbocycles. The molecule has 0 atom stereocenters. The van der Waals surface area contributed by atoms with Gasteiger partial charge in [-0.05, 0) is 17.7 Å². The zero-order chi connectivity index (χ0) is 13.7. The average Bonchev–Trinajstić information content (AvgIpc) is 2.88. The molecule has 0 fully saturated rings. The molecular formula is C13H14F3N3. The third-order valence-corrected chi connectivity index (χ3v) is 2.64. The molecule has 102 valence electrons. The van der Waals surface area contributed by atoms with Crippen LogP contribution in [0, 0.1) is 0 Å². The lowest BCUT2D eigenvalue weighted by atomic mass is 10.2. The molecule has 0 aliphatic heterocycles. The zero-order valence-corrected chi connectivity index (χ0v) is 10.2. The Morgan fingerprint density at radius 2 is 1.95 bits per heavy atom. The van der Waals surface area contributed by atoms with Gasteiger partial charge in [0.25, 0.3) is 0 Å². The normalized spacial score (nSPS) is 11.7. The Kier molecular flexibility index (Phi) is 4.21. The fraction of sp³-hybridized carbons (Fsp3) is 0.308. The maximum Gasteiger partial charge on any atom is 0.390 e. The molecule has 0 saturated carbocycles. The maximum atomic E-state index is 12.0. The van der Waals surface area contributed by atoms with Crippen LogP contribution in [-0.4, -0.2) is 22.5 Å². The number of alkyl halides is 3. The summed E-state index contributed by atoms with van der Waals surface area (Å²) in [7, 11) is 0. The topological polar surface area (TPSA) is 29.9 Å². The minimum atomic E-state index is -4.12. The first-order valence-corrected chi connectivity index (χ1v) is 5.92. The van der Waals surface area contributed by atoms with Crippen molar-refractivity contribution in [1.82, 2.24) is 15.1 Å². The standard InChI is InChI=1S/C13H14F3N3/c14-13(15,16)6-8-17-10-11-4-1-2-5-12(11)19-9-3-7-18-19/h1-5,7,9,17H,6,8,10H2. The number of hydrogen-bond acceptors (Lipinski definition) is 2. The number of rotatable bonds is 5. The Morgan fingerprint density at radius 3 is 2.63 bits per heavy atom. The molecule has 2 rings (SSSR count). The number of nitrogens with one attached hydrogen (secondary N) is 1. The Balaban J connectivity index is 1.97. The van der Waals surface area contributed by atoms with Gasteiger partial charge >= 0.3 is 6.18 Å². The predicted octanol–water partition coefficient (Wildman–Crippen LogP) is 2.91. The van der Waals surface area contributed by atoms with Gasteiger partial charge < -0.3 is 5.32 Å². The van der Waals surface area contributed by atoms with E-state index < -0.39 is 12.6 Å². The molecule has 0 aliphatic rings. The van der Waals surface area contributed by atoms with Crippen LogP contribution in [0.5, 0.6) is 0 Å². The molecule has 0 radical (unpaired) electrons. The van der Waals surface area contributed by atoms with Crippen molar-refractivity contribution in [3.05, 3.63) is 48.3 Å². The van der Waals surface area contributed by atoms with E-state index in [4.69, 9.17) is 0 Å². The number of aromatic nitrogens is 2. The Bertz CT molecular complexity index is 506. The quantitative estimate of drug-likeness (QED) is 0.846. The van der Waals surface area contributed by atoms with Gasteiger partial charge in [-0.1, -0.05) is 18.2 Å². The summed E-state index contributed by atoms with van der Waals surface area (Å²) in [6.45, 7) is 0.295. The van der Waals surface area contributed by atoms with E-state index in [1.54, 1.807) is 23.1 Å². The summed E-state index contributed by atoms with van der Waals surface area (Å²) in [5, 5.41) is 6.92. The second-order valence-corrected chi connectivity index (χ2v) is 4.12. The van der Waals surface area contributed by atoms with Crippen molar-refractivity contribution < 1.29 is 13.2 Å². The Labute approximate surface area is 109 Å². The van der Waals surface area contributed by atoms with Crippen LogP contribution in [0.25, 0.3) is 5.69 Å². The van der Waals surface area contributed by atoms with Crippen LogP contribution in [0.1, 0.15) is 12.0 Å². The van der Waals surface area contributed by atoms with Gasteiger partial charge in [0.2, 0.25) is 0 Å². The van der Waals surface area contributed by atoms with E-state index in [2.05, 4.69) is 10.4 Å². The molecule has 2 aromatic rings. The van der Waals surface area contributed by atoms with Crippen molar-refractivity contribution in [2.45, 2.75) is 19.1 Å². The highest BCUT2D eigenvalue weighted by molar-refractivity contribution is 5.40. The van der Waals surface area contributed by atoms with E-state index in [9.17, 15) is 13.2 Å². The highest BCUT2D eigenvalue weighted by atomic mass is 19.4. The molecule has 0 spiro atoms. The van der Waals surface area contributed by atoms with Crippen LogP contribution in [-0.2, 0) is 6.54 Å². The highest BCUT2D eigenvalue weighted by Crippen LogP contribution is 2.18. The summed E-state index contributed by atoms with van der Waals surface area (Å²) in [5.41, 5.74) is 1.78. The maximum absolute atomic E-state index is 12.0. The van der Waals surface area contributed by atoms with Crippen LogP contribution >= 0.6 is 0 Å². The van der Waals surface area contributed by atoms with Gasteiger partial charge in [0.05, 0.1) is 12.1 Å². The van der Waals surface area contributed by atoms with Crippen LogP contribution in [0.15, 0.2) is 42.7 Å². The van der Waals surface area contributed by atoms with Crippen molar-refractivity contribution in [2.75, 3.05) is 6.54 Å². The van der Waals surface area contributed by atoms with Crippen molar-refractivity contribution >= 4 is 0 Å². The lowest BCUT2D eigenvalue weighted by Crippen LogP contribution is -2.22. The van der Waals surface area contributed by atoms with E-state index >= 15 is 0 Å². The second kappa shape index (κ2) is 5.88. The molecule has 3 nitrogen and oxygen atoms in total. The van der Waals surface area contributed by atoms with Gasteiger partial charge in [0.1, 0.15) is 0 Å². The predicted molar refractivity (Wildman–Crippen MR) is 65.9 cm³/mol. The van der Waals surface area contributed by atoms with Crippen LogP contribution in [0.4, 0.5) is 13.2 Å². The first-order valence-electron chi connectivity index (χ1n) is 5.92. The molecule has 19 heavy (non-hydrogen) atoms. The first-order chi connectivity index (χ1) is 9.06. The van der Waals surface area contributed by atoms with Crippen LogP contribution < -0.4 is 5.32 Å². The SMILES string of the molecule is FC(F)(F)CCNCc1ccccc1-n1cccn1. The second-order valence-electron chi connectivity index (χ2n) is 4.12. The minimum absolute atomic E-state index is 0.0864. The summed E-state index contributed by atoms with van der Waals surface area (Å²) in [6.07, 6.45) is -1.48. The smallest absolute Gasteiger partial charge is 0.312 e. The van der Waals surface area contributed by atoms with E-state index in [0.29, 0.717) is 6.54 Å². The average molecular weight is 269 g/mol. The summed E-state index contributed by atoms with van der Waals surface area (Å²) in [6, 6.07) is 9.28. The van der Waals surface area contributed by atoms with Gasteiger partial charge in [-0.3, -0.25) is 0 Å². The van der Waals surface area contributed by atoms with Crippen LogP contribution in [0.3, 0.4) is 0 Å². The lowest BCUT2D eigenvalue weighted by molar-refractivity contribution is -0.133. The summed E-state index contributed by atoms with van der Waals surface area (Å²) < 4.78 is 37.8. The van der Waals surface area contributed by atoms with Gasteiger partial charge in [-0.2, -0.15) is 18.3 Å². The lowest BCUT2D eigenvalue weighted by Gasteiger charge is -2.11. The number of para-hydroxylation sites is 1. The molecule has 1 N–H and O–H groups in total. The van der Waals surface area contributed by atoms with Gasteiger partial charge in [-0.15, -0.1) is 0 Å². The monoisotopic (exact) mass is 269 g/mol. The van der Waals surface area contributed by atoms with Crippen molar-refractivity contribution in [3.63, 3.8) is 0 Å². The summed E-state index contributed by atoms with van der Waals surface area (Å²) in [5.74, 6) is 0. The fourth-order valence-electron chi connectivity index (χ4n) is 1.75. The van der Waals surface area contributed by atoms with Crippen molar-refractivity contribution in [1.29, 1.82) is 0 Å². The van der Waals surface area contributed by atoms with E-state index in [-0.39, 0.29) is 6.54 Å². The third kappa shape index (κ3) is 4.10. The molecular weight excluding hydrogens is 255 g/mol. The molecule has 0 amide bonds. The third-order valence-electron chi connectivity index (χ3n) is 2.64. The van der Waals surface area contributed by atoms with E-state index in [1.807, 2.05) is 24.3 Å². The molecule has 6 heteroatoms. The van der Waals surface area contributed by atoms with Gasteiger partial charge in [0.15, 0.2) is 0 Å². The van der Waals surface area contributed by atoms with Crippen LogP contribution in [0.2, 0.25) is 0 Å². The summed E-state index contributed by atoms with van der Waals surface area (Å²) in [4.78, 5) is 0. The fourth-order valence-corrected chi connectivity index (χ4v) is 1.75. The minimum Gasteiger partial charge on any atom is -0.312 e. The van der Waals surface area contributed by atoms with Crippen molar-refractivity contribution in [2.24, 2.45) is 0 Å². The molecule has 1 aromatic heterocycles. The molecule has 0 unspecified atom stereocenters. The number of halogens is 3. The number of nitrogens with zero attached hydrogens (tertiary/aromatic N) is 2. The molecule has 0 saturated heterocycles. The number of benzene rings is 1. The van der Waals surface area contributed by atoms with Crippen molar-refractivity contribution in [3.8, 4) is 5.69 Å².